The molecular weight excluding hydrogens is 141 g/mol. The molecule has 1 aromatic carbocycles. The average Bonchev–Trinajstić information content (AvgIpc) is 1.88. The Labute approximate surface area is 56.3 Å². The maximum atomic E-state index is 12.3. The van der Waals surface area contributed by atoms with Crippen LogP contribution in [0.3, 0.4) is 0 Å². The molecule has 0 fully saturated rings. The topological polar surface area (TPSA) is 0 Å². The molecule has 0 atom stereocenters. The van der Waals surface area contributed by atoms with E-state index in [1.807, 2.05) is 0 Å². The van der Waals surface area contributed by atoms with Crippen LogP contribution in [0, 0.1) is 12.2 Å². The van der Waals surface area contributed by atoms with Crippen molar-refractivity contribution in [3.05, 3.63) is 42.1 Å². The van der Waals surface area contributed by atoms with Crippen LogP contribution in [0.4, 0.5) is 13.2 Å². The maximum absolute atomic E-state index is 12.3. The molecule has 0 aliphatic rings. The van der Waals surface area contributed by atoms with E-state index in [4.69, 9.17) is 0 Å². The Bertz CT molecular complexity index is 220. The zero-order valence-electron chi connectivity index (χ0n) is 4.94. The van der Waals surface area contributed by atoms with Crippen LogP contribution in [0.1, 0.15) is 5.56 Å². The summed E-state index contributed by atoms with van der Waals surface area (Å²) < 4.78 is 35.7. The van der Waals surface area contributed by atoms with Crippen molar-refractivity contribution in [2.75, 3.05) is 0 Å². The zero-order valence-corrected chi connectivity index (χ0v) is 4.94. The van der Waals surface area contributed by atoms with Crippen molar-refractivity contribution in [2.24, 2.45) is 0 Å². The molecule has 0 aromatic heterocycles. The molecule has 0 saturated heterocycles. The van der Waals surface area contributed by atoms with Crippen LogP contribution in [-0.4, -0.2) is 0 Å². The third kappa shape index (κ3) is 1.29. The Morgan fingerprint density at radius 3 is 2.10 bits per heavy atom. The largest absolute Gasteiger partial charge is 0.342 e. The lowest BCUT2D eigenvalue weighted by Gasteiger charge is -1.96. The van der Waals surface area contributed by atoms with Crippen LogP contribution < -0.4 is 0 Å². The van der Waals surface area contributed by atoms with E-state index < -0.39 is 17.8 Å². The molecule has 0 unspecified atom stereocenters. The Morgan fingerprint density at radius 1 is 1.10 bits per heavy atom. The van der Waals surface area contributed by atoms with Gasteiger partial charge in [-0.15, -0.1) is 0 Å². The Balaban J connectivity index is 3.03. The fourth-order valence-electron chi connectivity index (χ4n) is 0.614. The average molecular weight is 145 g/mol. The fraction of sp³-hybridized carbons (Fsp3) is 0. The van der Waals surface area contributed by atoms with Gasteiger partial charge in [0.25, 0.3) is 0 Å². The minimum atomic E-state index is -1.99. The first-order valence-corrected chi connectivity index (χ1v) is 2.64. The van der Waals surface area contributed by atoms with Gasteiger partial charge in [0, 0.05) is 0 Å². The molecule has 0 amide bonds. The molecule has 1 radical (unpaired) electrons. The molecule has 0 spiro atoms. The number of benzene rings is 1. The van der Waals surface area contributed by atoms with Crippen LogP contribution >= 0.6 is 0 Å². The molecule has 1 aromatic rings. The first kappa shape index (κ1) is 7.12. The highest BCUT2D eigenvalue weighted by Crippen LogP contribution is 2.19. The van der Waals surface area contributed by atoms with E-state index in [1.165, 1.54) is 12.1 Å². The summed E-state index contributed by atoms with van der Waals surface area (Å²) in [4.78, 5) is 0. The molecule has 0 nitrogen and oxygen atoms in total. The number of halogens is 3. The SMILES string of the molecule is F[C](F)c1ccccc1F. The predicted octanol–water partition coefficient (Wildman–Crippen LogP) is 2.60. The van der Waals surface area contributed by atoms with Crippen LogP contribution in [-0.2, 0) is 0 Å². The summed E-state index contributed by atoms with van der Waals surface area (Å²) >= 11 is 0. The fourth-order valence-corrected chi connectivity index (χ4v) is 0.614. The van der Waals surface area contributed by atoms with Crippen molar-refractivity contribution >= 4 is 0 Å². The lowest BCUT2D eigenvalue weighted by atomic mass is 10.2. The summed E-state index contributed by atoms with van der Waals surface area (Å²) in [5, 5.41) is 0. The van der Waals surface area contributed by atoms with E-state index >= 15 is 0 Å². The molecule has 0 aliphatic carbocycles. The Morgan fingerprint density at radius 2 is 1.70 bits per heavy atom. The smallest absolute Gasteiger partial charge is 0.206 e. The van der Waals surface area contributed by atoms with Gasteiger partial charge in [0.2, 0.25) is 0 Å². The highest BCUT2D eigenvalue weighted by molar-refractivity contribution is 5.24. The van der Waals surface area contributed by atoms with Crippen molar-refractivity contribution in [1.82, 2.24) is 0 Å². The number of rotatable bonds is 1. The van der Waals surface area contributed by atoms with Gasteiger partial charge < -0.3 is 0 Å². The lowest BCUT2D eigenvalue weighted by Crippen LogP contribution is -1.88. The first-order chi connectivity index (χ1) is 4.72. The van der Waals surface area contributed by atoms with Gasteiger partial charge in [-0.2, -0.15) is 8.78 Å². The van der Waals surface area contributed by atoms with Gasteiger partial charge in [-0.05, 0) is 12.1 Å². The van der Waals surface area contributed by atoms with Gasteiger partial charge in [-0.1, -0.05) is 12.1 Å². The van der Waals surface area contributed by atoms with Crippen molar-refractivity contribution in [3.63, 3.8) is 0 Å². The summed E-state index contributed by atoms with van der Waals surface area (Å²) in [6.45, 7) is 0. The van der Waals surface area contributed by atoms with E-state index in [0.717, 1.165) is 12.1 Å². The van der Waals surface area contributed by atoms with E-state index in [-0.39, 0.29) is 0 Å². The quantitative estimate of drug-likeness (QED) is 0.569. The third-order valence-corrected chi connectivity index (χ3v) is 1.08. The number of hydrogen-bond donors (Lipinski definition) is 0. The second-order valence-electron chi connectivity index (χ2n) is 1.74. The van der Waals surface area contributed by atoms with E-state index in [0.29, 0.717) is 0 Å². The molecule has 0 heterocycles. The second-order valence-corrected chi connectivity index (χ2v) is 1.74. The van der Waals surface area contributed by atoms with Crippen molar-refractivity contribution in [3.8, 4) is 0 Å². The third-order valence-electron chi connectivity index (χ3n) is 1.08. The molecule has 0 N–H and O–H groups in total. The van der Waals surface area contributed by atoms with Crippen LogP contribution in [0.25, 0.3) is 0 Å². The molecule has 10 heavy (non-hydrogen) atoms. The van der Waals surface area contributed by atoms with E-state index in [1.54, 1.807) is 0 Å². The molecule has 0 saturated carbocycles. The van der Waals surface area contributed by atoms with Gasteiger partial charge in [-0.25, -0.2) is 4.39 Å². The molecule has 0 aliphatic heterocycles. The summed E-state index contributed by atoms with van der Waals surface area (Å²) in [6.07, 6.45) is -1.99. The van der Waals surface area contributed by atoms with Gasteiger partial charge in [0.1, 0.15) is 5.82 Å². The summed E-state index contributed by atoms with van der Waals surface area (Å²) in [7, 11) is 0. The van der Waals surface area contributed by atoms with Crippen LogP contribution in [0.15, 0.2) is 24.3 Å². The minimum absolute atomic E-state index is 0.623. The van der Waals surface area contributed by atoms with Gasteiger partial charge in [0.15, 0.2) is 0 Å². The monoisotopic (exact) mass is 145 g/mol. The standard InChI is InChI=1S/C7H4F3/c8-6-4-2-1-3-5(6)7(9)10/h1-4H. The Hall–Kier alpha value is -0.990. The maximum Gasteiger partial charge on any atom is 0.342 e. The van der Waals surface area contributed by atoms with Gasteiger partial charge >= 0.3 is 6.43 Å². The predicted molar refractivity (Wildman–Crippen MR) is 31.0 cm³/mol. The zero-order chi connectivity index (χ0) is 7.56. The normalized spacial score (nSPS) is 10.4. The molecule has 53 valence electrons. The Kier molecular flexibility index (Phi) is 1.94. The molecule has 3 heteroatoms. The highest BCUT2D eigenvalue weighted by atomic mass is 19.3. The number of hydrogen-bond acceptors (Lipinski definition) is 0. The molecular formula is C7H4F3. The first-order valence-electron chi connectivity index (χ1n) is 2.64. The highest BCUT2D eigenvalue weighted by Gasteiger charge is 2.13. The summed E-state index contributed by atoms with van der Waals surface area (Å²) in [6, 6.07) is 4.75. The molecule has 0 bridgehead atoms. The van der Waals surface area contributed by atoms with Crippen molar-refractivity contribution < 1.29 is 13.2 Å². The van der Waals surface area contributed by atoms with Crippen LogP contribution in [0.5, 0.6) is 0 Å². The summed E-state index contributed by atoms with van der Waals surface area (Å²) in [5.41, 5.74) is -0.623. The van der Waals surface area contributed by atoms with E-state index in [2.05, 4.69) is 0 Å². The van der Waals surface area contributed by atoms with Gasteiger partial charge in [-0.3, -0.25) is 0 Å². The van der Waals surface area contributed by atoms with E-state index in [9.17, 15) is 13.2 Å². The second kappa shape index (κ2) is 2.73. The van der Waals surface area contributed by atoms with Gasteiger partial charge in [0.05, 0.1) is 5.56 Å². The lowest BCUT2D eigenvalue weighted by molar-refractivity contribution is 0.317. The minimum Gasteiger partial charge on any atom is -0.206 e. The molecule has 1 rings (SSSR count). The van der Waals surface area contributed by atoms with Crippen LogP contribution in [0.2, 0.25) is 0 Å². The van der Waals surface area contributed by atoms with Crippen molar-refractivity contribution in [1.29, 1.82) is 0 Å². The van der Waals surface area contributed by atoms with Crippen molar-refractivity contribution in [2.45, 2.75) is 0 Å². The summed E-state index contributed by atoms with van der Waals surface area (Å²) in [5.74, 6) is -0.887.